The number of ketones is 1. The second kappa shape index (κ2) is 16.3. The lowest BCUT2D eigenvalue weighted by atomic mass is 9.74. The maximum Gasteiger partial charge on any atom is 0.410 e. The molecule has 1 aromatic rings. The monoisotopic (exact) mass is 716 g/mol. The molecular weight excluding hydrogens is 656 g/mol. The Morgan fingerprint density at radius 3 is 2.29 bits per heavy atom. The number of carbonyl (C=O) groups is 3. The number of likely N-dealkylation sites (N-methyl/N-ethyl adjacent to an activating group) is 1. The molecule has 2 saturated heterocycles. The average molecular weight is 717 g/mol. The lowest BCUT2D eigenvalue weighted by Gasteiger charge is -2.47. The predicted octanol–water partition coefficient (Wildman–Crippen LogP) is 4.88. The van der Waals surface area contributed by atoms with E-state index in [1.54, 1.807) is 63.1 Å². The van der Waals surface area contributed by atoms with Gasteiger partial charge in [-0.15, -0.1) is 0 Å². The van der Waals surface area contributed by atoms with Crippen molar-refractivity contribution >= 4 is 17.8 Å². The number of amides is 1. The Kier molecular flexibility index (Phi) is 13.0. The van der Waals surface area contributed by atoms with Gasteiger partial charge in [-0.3, -0.25) is 9.69 Å². The maximum absolute atomic E-state index is 14.6. The summed E-state index contributed by atoms with van der Waals surface area (Å²) in [5, 5.41) is 21.1. The molecule has 12 atom stereocenters. The van der Waals surface area contributed by atoms with Gasteiger partial charge in [0.15, 0.2) is 11.9 Å². The molecule has 3 heterocycles. The second-order valence-corrected chi connectivity index (χ2v) is 15.6. The van der Waals surface area contributed by atoms with Crippen molar-refractivity contribution in [3.8, 4) is 5.75 Å². The highest BCUT2D eigenvalue weighted by molar-refractivity contribution is 5.88. The van der Waals surface area contributed by atoms with Gasteiger partial charge in [-0.25, -0.2) is 9.59 Å². The van der Waals surface area contributed by atoms with Crippen LogP contribution in [-0.4, -0.2) is 120 Å². The Morgan fingerprint density at radius 1 is 1.06 bits per heavy atom. The number of hydrogen-bond acceptors (Lipinski definition) is 11. The van der Waals surface area contributed by atoms with Crippen LogP contribution in [0.2, 0.25) is 0 Å². The van der Waals surface area contributed by atoms with Crippen LogP contribution in [0.3, 0.4) is 0 Å². The van der Waals surface area contributed by atoms with Gasteiger partial charge in [0, 0.05) is 43.0 Å². The van der Waals surface area contributed by atoms with E-state index in [9.17, 15) is 24.6 Å². The number of aliphatic hydroxyl groups is 1. The number of phenolic OH excluding ortho intramolecular Hbond substituents is 1. The van der Waals surface area contributed by atoms with E-state index in [-0.39, 0.29) is 36.6 Å². The number of ether oxygens (including phenoxy) is 5. The fourth-order valence-corrected chi connectivity index (χ4v) is 8.52. The Balaban J connectivity index is 1.76. The molecule has 1 amide bonds. The zero-order valence-corrected chi connectivity index (χ0v) is 32.3. The van der Waals surface area contributed by atoms with Gasteiger partial charge in [-0.2, -0.15) is 0 Å². The fraction of sp³-hybridized carbons (Fsp3) is 0.718. The summed E-state index contributed by atoms with van der Waals surface area (Å²) in [4.78, 5) is 45.6. The topological polar surface area (TPSA) is 144 Å². The van der Waals surface area contributed by atoms with Crippen molar-refractivity contribution in [2.24, 2.45) is 17.8 Å². The van der Waals surface area contributed by atoms with Crippen molar-refractivity contribution in [1.82, 2.24) is 9.80 Å². The molecular formula is C39H60N2O10. The van der Waals surface area contributed by atoms with E-state index < -0.39 is 71.7 Å². The maximum atomic E-state index is 14.6. The first-order valence-electron chi connectivity index (χ1n) is 18.3. The molecule has 3 aliphatic rings. The third-order valence-corrected chi connectivity index (χ3v) is 11.4. The van der Waals surface area contributed by atoms with E-state index in [4.69, 9.17) is 23.7 Å². The highest BCUT2D eigenvalue weighted by Gasteiger charge is 2.60. The van der Waals surface area contributed by atoms with Crippen LogP contribution in [0, 0.1) is 17.8 Å². The molecule has 0 radical (unpaired) electrons. The normalized spacial score (nSPS) is 39.5. The van der Waals surface area contributed by atoms with E-state index in [0.29, 0.717) is 24.8 Å². The number of nitrogens with zero attached hydrogens (tertiary/aromatic N) is 2. The SMILES string of the molecule is CC[C@H]1OC(=O)/C(C)=C/[C@H](C)[C@@H](O[C@@H]2O[C@H](C)C[C@H](N(C)C)[C@H]2O)[C@@](C)(OC)C[C@@H](C)C(=O)[C@H](C)[C@H]2N(CCc3ccc(O)cc3)C(=O)O[C@]12C. The minimum Gasteiger partial charge on any atom is -0.508 e. The van der Waals surface area contributed by atoms with Crippen LogP contribution in [-0.2, 0) is 39.7 Å². The number of hydrogen-bond donors (Lipinski definition) is 2. The van der Waals surface area contributed by atoms with Gasteiger partial charge in [0.25, 0.3) is 0 Å². The van der Waals surface area contributed by atoms with E-state index >= 15 is 0 Å². The first-order valence-corrected chi connectivity index (χ1v) is 18.3. The first kappa shape index (κ1) is 40.7. The highest BCUT2D eigenvalue weighted by Crippen LogP contribution is 2.43. The molecule has 286 valence electrons. The van der Waals surface area contributed by atoms with Crippen molar-refractivity contribution < 1.29 is 48.3 Å². The summed E-state index contributed by atoms with van der Waals surface area (Å²) in [7, 11) is 5.38. The van der Waals surface area contributed by atoms with Crippen molar-refractivity contribution in [2.75, 3.05) is 27.7 Å². The summed E-state index contributed by atoms with van der Waals surface area (Å²) in [5.41, 5.74) is -1.17. The summed E-state index contributed by atoms with van der Waals surface area (Å²) in [6.07, 6.45) is -0.875. The quantitative estimate of drug-likeness (QED) is 0.356. The van der Waals surface area contributed by atoms with Crippen LogP contribution < -0.4 is 0 Å². The van der Waals surface area contributed by atoms with Crippen LogP contribution in [0.4, 0.5) is 4.79 Å². The van der Waals surface area contributed by atoms with E-state index in [2.05, 4.69) is 0 Å². The molecule has 1 aromatic carbocycles. The largest absolute Gasteiger partial charge is 0.508 e. The Bertz CT molecular complexity index is 1420. The van der Waals surface area contributed by atoms with Crippen molar-refractivity contribution in [1.29, 1.82) is 0 Å². The van der Waals surface area contributed by atoms with Crippen LogP contribution in [0.5, 0.6) is 5.75 Å². The number of benzene rings is 1. The molecule has 0 bridgehead atoms. The summed E-state index contributed by atoms with van der Waals surface area (Å²) >= 11 is 0. The summed E-state index contributed by atoms with van der Waals surface area (Å²) in [5.74, 6) is -2.25. The summed E-state index contributed by atoms with van der Waals surface area (Å²) < 4.78 is 31.3. The number of aromatic hydroxyl groups is 1. The van der Waals surface area contributed by atoms with Gasteiger partial charge >= 0.3 is 12.1 Å². The third-order valence-electron chi connectivity index (χ3n) is 11.4. The summed E-state index contributed by atoms with van der Waals surface area (Å²) in [6, 6.07) is 5.80. The number of Topliss-reactive ketones (excluding diaryl/α,β-unsaturated/α-hetero) is 1. The number of fused-ring (bicyclic) bond motifs is 1. The number of cyclic esters (lactones) is 1. The molecule has 12 heteroatoms. The fourth-order valence-electron chi connectivity index (χ4n) is 8.52. The molecule has 0 spiro atoms. The van der Waals surface area contributed by atoms with Gasteiger partial charge in [0.05, 0.1) is 23.9 Å². The molecule has 0 aromatic heterocycles. The number of rotatable bonds is 8. The summed E-state index contributed by atoms with van der Waals surface area (Å²) in [6.45, 7) is 14.9. The van der Waals surface area contributed by atoms with Crippen molar-refractivity contribution in [3.05, 3.63) is 41.5 Å². The predicted molar refractivity (Wildman–Crippen MR) is 191 cm³/mol. The van der Waals surface area contributed by atoms with Gasteiger partial charge in [-0.1, -0.05) is 45.9 Å². The number of methoxy groups -OCH3 is 1. The van der Waals surface area contributed by atoms with Crippen molar-refractivity contribution in [3.63, 3.8) is 0 Å². The number of phenols is 1. The second-order valence-electron chi connectivity index (χ2n) is 15.6. The van der Waals surface area contributed by atoms with Crippen LogP contribution in [0.1, 0.15) is 80.2 Å². The molecule has 12 nitrogen and oxygen atoms in total. The molecule has 0 aliphatic carbocycles. The number of esters is 1. The highest BCUT2D eigenvalue weighted by atomic mass is 16.7. The van der Waals surface area contributed by atoms with Gasteiger partial charge in [0.2, 0.25) is 0 Å². The zero-order valence-electron chi connectivity index (χ0n) is 32.3. The number of aliphatic hydroxyl groups excluding tert-OH is 1. The van der Waals surface area contributed by atoms with Crippen LogP contribution >= 0.6 is 0 Å². The van der Waals surface area contributed by atoms with Gasteiger partial charge in [-0.05, 0) is 85.2 Å². The van der Waals surface area contributed by atoms with Gasteiger partial charge in [0.1, 0.15) is 23.7 Å². The lowest BCUT2D eigenvalue weighted by molar-refractivity contribution is -0.294. The van der Waals surface area contributed by atoms with E-state index in [1.165, 1.54) is 0 Å². The smallest absolute Gasteiger partial charge is 0.410 e. The molecule has 51 heavy (non-hydrogen) atoms. The van der Waals surface area contributed by atoms with Crippen LogP contribution in [0.15, 0.2) is 35.9 Å². The minimum absolute atomic E-state index is 0.103. The van der Waals surface area contributed by atoms with Gasteiger partial charge < -0.3 is 38.8 Å². The van der Waals surface area contributed by atoms with Crippen LogP contribution in [0.25, 0.3) is 0 Å². The Hall–Kier alpha value is -3.03. The molecule has 3 aliphatic heterocycles. The average Bonchev–Trinajstić information content (AvgIpc) is 3.34. The Labute approximate surface area is 303 Å². The Morgan fingerprint density at radius 2 is 1.71 bits per heavy atom. The minimum atomic E-state index is -1.33. The zero-order chi connectivity index (χ0) is 38.0. The molecule has 0 unspecified atom stereocenters. The molecule has 2 N–H and O–H groups in total. The third kappa shape index (κ3) is 8.62. The standard InChI is InChI=1S/C39H60N2O10/c1-12-30-39(8)33(41(37(46)51-39)18-17-27-13-15-28(42)16-14-27)26(6)31(43)24(4)21-38(7,47-11)34(22(2)19-23(3)35(45)49-30)50-36-32(44)29(40(9)10)20-25(5)48-36/h13-16,19,22,24-26,29-30,32-34,36,42,44H,12,17-18,20-21H2,1-11H3/b23-19+/t22-,24+,25+,26-,29-,30+,32+,33+,34+,36-,38-,39+/m0/s1. The lowest BCUT2D eigenvalue weighted by Crippen LogP contribution is -2.59. The molecule has 4 rings (SSSR count). The van der Waals surface area contributed by atoms with E-state index in [0.717, 1.165) is 5.56 Å². The molecule has 0 saturated carbocycles. The first-order chi connectivity index (χ1) is 23.9. The number of carbonyl (C=O) groups excluding carboxylic acids is 3. The molecule has 2 fully saturated rings. The van der Waals surface area contributed by atoms with Crippen molar-refractivity contribution in [2.45, 2.75) is 135 Å². The van der Waals surface area contributed by atoms with E-state index in [1.807, 2.05) is 53.6 Å².